The highest BCUT2D eigenvalue weighted by Crippen LogP contribution is 2.26. The zero-order chi connectivity index (χ0) is 14.5. The first-order chi connectivity index (χ1) is 10.4. The number of piperidine rings is 1. The lowest BCUT2D eigenvalue weighted by atomic mass is 9.98. The first-order valence-corrected chi connectivity index (χ1v) is 8.10. The van der Waals surface area contributed by atoms with Gasteiger partial charge in [0.05, 0.1) is 25.9 Å². The fourth-order valence-electron chi connectivity index (χ4n) is 3.61. The van der Waals surface area contributed by atoms with E-state index in [4.69, 9.17) is 4.74 Å². The Bertz CT molecular complexity index is 412. The second-order valence-electron chi connectivity index (χ2n) is 6.02. The zero-order valence-corrected chi connectivity index (χ0v) is 12.7. The van der Waals surface area contributed by atoms with E-state index in [0.29, 0.717) is 6.04 Å². The number of morpholine rings is 1. The molecule has 1 atom stereocenters. The molecule has 0 saturated carbocycles. The maximum Gasteiger partial charge on any atom is 0.0628 e. The summed E-state index contributed by atoms with van der Waals surface area (Å²) in [5.74, 6) is 0. The van der Waals surface area contributed by atoms with Gasteiger partial charge in [0, 0.05) is 32.2 Å². The molecular formula is C17H26N2O2. The van der Waals surface area contributed by atoms with Gasteiger partial charge in [0.15, 0.2) is 0 Å². The van der Waals surface area contributed by atoms with Crippen LogP contribution in [0.1, 0.15) is 24.4 Å². The predicted molar refractivity (Wildman–Crippen MR) is 83.3 cm³/mol. The van der Waals surface area contributed by atoms with Crippen molar-refractivity contribution in [3.05, 3.63) is 35.9 Å². The Hall–Kier alpha value is -0.940. The van der Waals surface area contributed by atoms with Gasteiger partial charge in [-0.3, -0.25) is 9.80 Å². The number of aliphatic hydroxyl groups is 1. The lowest BCUT2D eigenvalue weighted by Gasteiger charge is -2.42. The van der Waals surface area contributed by atoms with Crippen LogP contribution in [0, 0.1) is 0 Å². The summed E-state index contributed by atoms with van der Waals surface area (Å²) < 4.78 is 5.44. The molecule has 2 aliphatic rings. The molecule has 2 aliphatic heterocycles. The minimum atomic E-state index is 0.150. The largest absolute Gasteiger partial charge is 0.394 e. The number of hydrogen-bond donors (Lipinski definition) is 1. The Kier molecular flexibility index (Phi) is 5.25. The molecule has 1 N–H and O–H groups in total. The Morgan fingerprint density at radius 2 is 1.71 bits per heavy atom. The van der Waals surface area contributed by atoms with Crippen molar-refractivity contribution in [1.29, 1.82) is 0 Å². The van der Waals surface area contributed by atoms with E-state index in [0.717, 1.165) is 39.4 Å². The Balaban J connectivity index is 1.56. The molecule has 0 aromatic heterocycles. The van der Waals surface area contributed by atoms with Gasteiger partial charge < -0.3 is 9.84 Å². The third kappa shape index (κ3) is 3.64. The highest BCUT2D eigenvalue weighted by atomic mass is 16.5. The van der Waals surface area contributed by atoms with Crippen LogP contribution >= 0.6 is 0 Å². The van der Waals surface area contributed by atoms with Crippen LogP contribution in [-0.2, 0) is 4.74 Å². The molecule has 2 fully saturated rings. The minimum Gasteiger partial charge on any atom is -0.394 e. The Morgan fingerprint density at radius 1 is 1.05 bits per heavy atom. The summed E-state index contributed by atoms with van der Waals surface area (Å²) in [5.41, 5.74) is 1.23. The average Bonchev–Trinajstić information content (AvgIpc) is 2.58. The summed E-state index contributed by atoms with van der Waals surface area (Å²) in [7, 11) is 0. The number of nitrogens with zero attached hydrogens (tertiary/aromatic N) is 2. The summed E-state index contributed by atoms with van der Waals surface area (Å²) in [6.07, 6.45) is 2.40. The lowest BCUT2D eigenvalue weighted by Crippen LogP contribution is -2.49. The van der Waals surface area contributed by atoms with Crippen LogP contribution in [0.25, 0.3) is 0 Å². The molecule has 21 heavy (non-hydrogen) atoms. The molecule has 2 heterocycles. The summed E-state index contributed by atoms with van der Waals surface area (Å²) in [4.78, 5) is 5.02. The van der Waals surface area contributed by atoms with Crippen molar-refractivity contribution in [3.63, 3.8) is 0 Å². The fraction of sp³-hybridized carbons (Fsp3) is 0.647. The molecule has 3 rings (SSSR count). The van der Waals surface area contributed by atoms with Gasteiger partial charge in [0.25, 0.3) is 0 Å². The van der Waals surface area contributed by atoms with Crippen molar-refractivity contribution < 1.29 is 9.84 Å². The third-order valence-corrected chi connectivity index (χ3v) is 4.86. The molecule has 4 heteroatoms. The van der Waals surface area contributed by atoms with E-state index in [9.17, 15) is 5.11 Å². The highest BCUT2D eigenvalue weighted by molar-refractivity contribution is 5.19. The van der Waals surface area contributed by atoms with Gasteiger partial charge in [-0.1, -0.05) is 30.3 Å². The number of aliphatic hydroxyl groups excluding tert-OH is 1. The predicted octanol–water partition coefficient (Wildman–Crippen LogP) is 1.52. The Morgan fingerprint density at radius 3 is 2.33 bits per heavy atom. The standard InChI is InChI=1S/C17H26N2O2/c20-14-17(15-4-2-1-3-5-15)19-8-6-16(7-9-19)18-10-12-21-13-11-18/h1-5,16-17,20H,6-14H2. The normalized spacial score (nSPS) is 24.0. The molecule has 1 aromatic rings. The van der Waals surface area contributed by atoms with Crippen molar-refractivity contribution in [1.82, 2.24) is 9.80 Å². The van der Waals surface area contributed by atoms with Crippen LogP contribution in [0.4, 0.5) is 0 Å². The molecule has 4 nitrogen and oxygen atoms in total. The smallest absolute Gasteiger partial charge is 0.0628 e. The maximum atomic E-state index is 9.78. The van der Waals surface area contributed by atoms with E-state index in [1.807, 2.05) is 6.07 Å². The third-order valence-electron chi connectivity index (χ3n) is 4.86. The van der Waals surface area contributed by atoms with Crippen LogP contribution in [-0.4, -0.2) is 66.9 Å². The van der Waals surface area contributed by atoms with Crippen molar-refractivity contribution in [2.45, 2.75) is 24.9 Å². The molecular weight excluding hydrogens is 264 g/mol. The van der Waals surface area contributed by atoms with Gasteiger partial charge in [0.1, 0.15) is 0 Å². The number of ether oxygens (including phenoxy) is 1. The number of benzene rings is 1. The summed E-state index contributed by atoms with van der Waals surface area (Å²) in [6, 6.07) is 11.2. The molecule has 0 spiro atoms. The topological polar surface area (TPSA) is 35.9 Å². The van der Waals surface area contributed by atoms with Gasteiger partial charge in [-0.05, 0) is 18.4 Å². The van der Waals surface area contributed by atoms with Crippen LogP contribution in [0.2, 0.25) is 0 Å². The first kappa shape index (κ1) is 15.0. The van der Waals surface area contributed by atoms with E-state index in [1.54, 1.807) is 0 Å². The van der Waals surface area contributed by atoms with Gasteiger partial charge in [0.2, 0.25) is 0 Å². The maximum absolute atomic E-state index is 9.78. The van der Waals surface area contributed by atoms with Crippen molar-refractivity contribution >= 4 is 0 Å². The van der Waals surface area contributed by atoms with Crippen LogP contribution in [0.5, 0.6) is 0 Å². The monoisotopic (exact) mass is 290 g/mol. The van der Waals surface area contributed by atoms with Crippen LogP contribution in [0.3, 0.4) is 0 Å². The van der Waals surface area contributed by atoms with Gasteiger partial charge in [-0.2, -0.15) is 0 Å². The summed E-state index contributed by atoms with van der Waals surface area (Å²) >= 11 is 0. The van der Waals surface area contributed by atoms with Crippen molar-refractivity contribution in [2.75, 3.05) is 46.0 Å². The molecule has 116 valence electrons. The number of likely N-dealkylation sites (tertiary alicyclic amines) is 1. The Labute approximate surface area is 127 Å². The molecule has 0 bridgehead atoms. The van der Waals surface area contributed by atoms with Crippen LogP contribution < -0.4 is 0 Å². The van der Waals surface area contributed by atoms with Crippen molar-refractivity contribution in [3.8, 4) is 0 Å². The average molecular weight is 290 g/mol. The van der Waals surface area contributed by atoms with Gasteiger partial charge >= 0.3 is 0 Å². The SMILES string of the molecule is OCC(c1ccccc1)N1CCC(N2CCOCC2)CC1. The van der Waals surface area contributed by atoms with E-state index in [2.05, 4.69) is 34.1 Å². The van der Waals surface area contributed by atoms with E-state index >= 15 is 0 Å². The number of hydrogen-bond acceptors (Lipinski definition) is 4. The second kappa shape index (κ2) is 7.36. The van der Waals surface area contributed by atoms with Crippen LogP contribution in [0.15, 0.2) is 30.3 Å². The molecule has 2 saturated heterocycles. The number of rotatable bonds is 4. The molecule has 1 unspecified atom stereocenters. The molecule has 0 amide bonds. The second-order valence-corrected chi connectivity index (χ2v) is 6.02. The van der Waals surface area contributed by atoms with Crippen molar-refractivity contribution in [2.24, 2.45) is 0 Å². The van der Waals surface area contributed by atoms with Gasteiger partial charge in [-0.25, -0.2) is 0 Å². The molecule has 0 aliphatic carbocycles. The van der Waals surface area contributed by atoms with Gasteiger partial charge in [-0.15, -0.1) is 0 Å². The quantitative estimate of drug-likeness (QED) is 0.912. The summed E-state index contributed by atoms with van der Waals surface area (Å²) in [5, 5.41) is 9.78. The summed E-state index contributed by atoms with van der Waals surface area (Å²) in [6.45, 7) is 6.25. The highest BCUT2D eigenvalue weighted by Gasteiger charge is 2.29. The minimum absolute atomic E-state index is 0.150. The van der Waals surface area contributed by atoms with E-state index < -0.39 is 0 Å². The van der Waals surface area contributed by atoms with E-state index in [1.165, 1.54) is 18.4 Å². The first-order valence-electron chi connectivity index (χ1n) is 8.10. The van der Waals surface area contributed by atoms with E-state index in [-0.39, 0.29) is 12.6 Å². The molecule has 0 radical (unpaired) electrons. The lowest BCUT2D eigenvalue weighted by molar-refractivity contribution is -0.00677. The molecule has 1 aromatic carbocycles. The fourth-order valence-corrected chi connectivity index (χ4v) is 3.61. The zero-order valence-electron chi connectivity index (χ0n) is 12.7.